The standard InChI is InChI=1S/C23H18ClN3O2S/c1-28-18-10-6-15(7-11-18)19-13-21(22-3-2-12-29-22)27(26-19)23-25-20(14-30-23)16-4-8-17(24)9-5-16/h2-12,14,21H,13H2,1H3. The highest BCUT2D eigenvalue weighted by Crippen LogP contribution is 2.39. The molecule has 1 aliphatic heterocycles. The van der Waals surface area contributed by atoms with Crippen LogP contribution < -0.4 is 9.75 Å². The summed E-state index contributed by atoms with van der Waals surface area (Å²) < 4.78 is 11.0. The zero-order valence-corrected chi connectivity index (χ0v) is 17.7. The summed E-state index contributed by atoms with van der Waals surface area (Å²) in [5.41, 5.74) is 3.97. The van der Waals surface area contributed by atoms with E-state index < -0.39 is 0 Å². The van der Waals surface area contributed by atoms with Gasteiger partial charge in [-0.05, 0) is 54.1 Å². The van der Waals surface area contributed by atoms with E-state index in [9.17, 15) is 0 Å². The first-order chi connectivity index (χ1) is 14.7. The number of halogens is 1. The Hall–Kier alpha value is -3.09. The van der Waals surface area contributed by atoms with Crippen molar-refractivity contribution < 1.29 is 9.15 Å². The second-order valence-corrected chi connectivity index (χ2v) is 8.15. The van der Waals surface area contributed by atoms with Gasteiger partial charge in [0.25, 0.3) is 0 Å². The molecule has 1 unspecified atom stereocenters. The summed E-state index contributed by atoms with van der Waals surface area (Å²) in [6.07, 6.45) is 2.43. The predicted octanol–water partition coefficient (Wildman–Crippen LogP) is 6.42. The SMILES string of the molecule is COc1ccc(C2=NN(c3nc(-c4ccc(Cl)cc4)cs3)C(c3ccco3)C2)cc1. The van der Waals surface area contributed by atoms with Crippen LogP contribution in [0.4, 0.5) is 5.13 Å². The first kappa shape index (κ1) is 18.9. The van der Waals surface area contributed by atoms with Crippen molar-refractivity contribution in [3.05, 3.63) is 88.7 Å². The van der Waals surface area contributed by atoms with Gasteiger partial charge in [-0.1, -0.05) is 23.7 Å². The first-order valence-electron chi connectivity index (χ1n) is 9.47. The number of anilines is 1. The number of hydrogen-bond donors (Lipinski definition) is 0. The Morgan fingerprint density at radius 1 is 1.07 bits per heavy atom. The van der Waals surface area contributed by atoms with Crippen molar-refractivity contribution in [1.82, 2.24) is 4.98 Å². The number of thiazole rings is 1. The van der Waals surface area contributed by atoms with Gasteiger partial charge in [-0.2, -0.15) is 5.10 Å². The number of nitrogens with zero attached hydrogens (tertiary/aromatic N) is 3. The molecule has 2 aromatic heterocycles. The Morgan fingerprint density at radius 2 is 1.83 bits per heavy atom. The molecule has 0 N–H and O–H groups in total. The molecule has 4 aromatic rings. The molecule has 2 aromatic carbocycles. The molecule has 7 heteroatoms. The van der Waals surface area contributed by atoms with Gasteiger partial charge in [0.1, 0.15) is 17.6 Å². The van der Waals surface area contributed by atoms with E-state index in [1.807, 2.05) is 71.1 Å². The third kappa shape index (κ3) is 3.60. The van der Waals surface area contributed by atoms with Crippen LogP contribution in [0, 0.1) is 0 Å². The fourth-order valence-corrected chi connectivity index (χ4v) is 4.43. The average Bonchev–Trinajstić information content (AvgIpc) is 3.54. The highest BCUT2D eigenvalue weighted by atomic mass is 35.5. The number of methoxy groups -OCH3 is 1. The van der Waals surface area contributed by atoms with E-state index in [4.69, 9.17) is 30.8 Å². The van der Waals surface area contributed by atoms with Gasteiger partial charge in [-0.25, -0.2) is 9.99 Å². The maximum absolute atomic E-state index is 6.02. The third-order valence-corrected chi connectivity index (χ3v) is 6.12. The lowest BCUT2D eigenvalue weighted by molar-refractivity contribution is 0.415. The minimum Gasteiger partial charge on any atom is -0.497 e. The smallest absolute Gasteiger partial charge is 0.207 e. The molecule has 3 heterocycles. The topological polar surface area (TPSA) is 50.9 Å². The monoisotopic (exact) mass is 435 g/mol. The zero-order chi connectivity index (χ0) is 20.5. The van der Waals surface area contributed by atoms with Crippen LogP contribution in [-0.2, 0) is 0 Å². The number of hydrogen-bond acceptors (Lipinski definition) is 6. The van der Waals surface area contributed by atoms with E-state index in [1.54, 1.807) is 24.7 Å². The Kier molecular flexibility index (Phi) is 5.02. The second-order valence-electron chi connectivity index (χ2n) is 6.88. The van der Waals surface area contributed by atoms with Crippen LogP contribution in [0.25, 0.3) is 11.3 Å². The molecule has 0 aliphatic carbocycles. The molecule has 30 heavy (non-hydrogen) atoms. The van der Waals surface area contributed by atoms with Crippen molar-refractivity contribution >= 4 is 33.8 Å². The van der Waals surface area contributed by atoms with Crippen molar-refractivity contribution in [1.29, 1.82) is 0 Å². The summed E-state index contributed by atoms with van der Waals surface area (Å²) in [7, 11) is 1.66. The van der Waals surface area contributed by atoms with Crippen molar-refractivity contribution in [3.8, 4) is 17.0 Å². The van der Waals surface area contributed by atoms with Crippen LogP contribution in [-0.4, -0.2) is 17.8 Å². The summed E-state index contributed by atoms with van der Waals surface area (Å²) in [6, 6.07) is 19.5. The zero-order valence-electron chi connectivity index (χ0n) is 16.2. The minimum atomic E-state index is -0.0404. The van der Waals surface area contributed by atoms with Gasteiger partial charge in [-0.15, -0.1) is 11.3 Å². The van der Waals surface area contributed by atoms with Gasteiger partial charge in [0.15, 0.2) is 0 Å². The number of furan rings is 1. The van der Waals surface area contributed by atoms with E-state index in [-0.39, 0.29) is 6.04 Å². The molecule has 0 saturated heterocycles. The van der Waals surface area contributed by atoms with Crippen LogP contribution in [0.3, 0.4) is 0 Å². The molecule has 1 atom stereocenters. The van der Waals surface area contributed by atoms with Crippen LogP contribution in [0.5, 0.6) is 5.75 Å². The third-order valence-electron chi connectivity index (χ3n) is 5.03. The van der Waals surface area contributed by atoms with Crippen LogP contribution in [0.2, 0.25) is 5.02 Å². The number of rotatable bonds is 5. The quantitative estimate of drug-likeness (QED) is 0.363. The maximum atomic E-state index is 6.02. The summed E-state index contributed by atoms with van der Waals surface area (Å²) >= 11 is 7.58. The van der Waals surface area contributed by atoms with Crippen LogP contribution in [0.1, 0.15) is 23.8 Å². The van der Waals surface area contributed by atoms with Gasteiger partial charge >= 0.3 is 0 Å². The lowest BCUT2D eigenvalue weighted by Gasteiger charge is -2.18. The highest BCUT2D eigenvalue weighted by molar-refractivity contribution is 7.14. The molecule has 5 rings (SSSR count). The predicted molar refractivity (Wildman–Crippen MR) is 121 cm³/mol. The lowest BCUT2D eigenvalue weighted by atomic mass is 10.0. The molecule has 0 amide bonds. The molecular formula is C23H18ClN3O2S. The molecule has 1 aliphatic rings. The van der Waals surface area contributed by atoms with Gasteiger partial charge in [0.2, 0.25) is 5.13 Å². The van der Waals surface area contributed by atoms with Crippen LogP contribution >= 0.6 is 22.9 Å². The van der Waals surface area contributed by atoms with Gasteiger partial charge in [0.05, 0.1) is 24.8 Å². The largest absolute Gasteiger partial charge is 0.497 e. The first-order valence-corrected chi connectivity index (χ1v) is 10.7. The van der Waals surface area contributed by atoms with E-state index in [2.05, 4.69) is 0 Å². The Labute approximate surface area is 183 Å². The highest BCUT2D eigenvalue weighted by Gasteiger charge is 2.33. The van der Waals surface area contributed by atoms with Crippen LogP contribution in [0.15, 0.2) is 81.8 Å². The number of benzene rings is 2. The van der Waals surface area contributed by atoms with Gasteiger partial charge < -0.3 is 9.15 Å². The molecule has 0 bridgehead atoms. The van der Waals surface area contributed by atoms with E-state index in [0.717, 1.165) is 45.6 Å². The number of aromatic nitrogens is 1. The summed E-state index contributed by atoms with van der Waals surface area (Å²) in [5.74, 6) is 1.69. The van der Waals surface area contributed by atoms with Gasteiger partial charge in [0, 0.05) is 22.4 Å². The average molecular weight is 436 g/mol. The molecular weight excluding hydrogens is 418 g/mol. The summed E-state index contributed by atoms with van der Waals surface area (Å²) in [5, 5.41) is 10.5. The normalized spacial score (nSPS) is 16.0. The minimum absolute atomic E-state index is 0.0404. The molecule has 150 valence electrons. The van der Waals surface area contributed by atoms with E-state index in [1.165, 1.54) is 0 Å². The lowest BCUT2D eigenvalue weighted by Crippen LogP contribution is -2.17. The van der Waals surface area contributed by atoms with Gasteiger partial charge in [-0.3, -0.25) is 0 Å². The van der Waals surface area contributed by atoms with Crippen molar-refractivity contribution in [2.45, 2.75) is 12.5 Å². The van der Waals surface area contributed by atoms with Crippen molar-refractivity contribution in [2.24, 2.45) is 5.10 Å². The molecule has 0 saturated carbocycles. The Balaban J connectivity index is 1.50. The Bertz CT molecular complexity index is 1170. The van der Waals surface area contributed by atoms with Crippen molar-refractivity contribution in [2.75, 3.05) is 12.1 Å². The molecule has 5 nitrogen and oxygen atoms in total. The number of ether oxygens (including phenoxy) is 1. The fourth-order valence-electron chi connectivity index (χ4n) is 3.47. The van der Waals surface area contributed by atoms with Crippen molar-refractivity contribution in [3.63, 3.8) is 0 Å². The molecule has 0 radical (unpaired) electrons. The summed E-state index contributed by atoms with van der Waals surface area (Å²) in [4.78, 5) is 4.84. The van der Waals surface area contributed by atoms with E-state index >= 15 is 0 Å². The fraction of sp³-hybridized carbons (Fsp3) is 0.130. The summed E-state index contributed by atoms with van der Waals surface area (Å²) in [6.45, 7) is 0. The van der Waals surface area contributed by atoms with E-state index in [0.29, 0.717) is 5.02 Å². The number of hydrazone groups is 1. The molecule has 0 spiro atoms. The Morgan fingerprint density at radius 3 is 2.53 bits per heavy atom. The maximum Gasteiger partial charge on any atom is 0.207 e. The second kappa shape index (κ2) is 7.97. The molecule has 0 fully saturated rings.